The van der Waals surface area contributed by atoms with Gasteiger partial charge in [-0.15, -0.1) is 11.3 Å². The highest BCUT2D eigenvalue weighted by atomic mass is 79.9. The fourth-order valence-electron chi connectivity index (χ4n) is 0.763. The zero-order chi connectivity index (χ0) is 8.43. The summed E-state index contributed by atoms with van der Waals surface area (Å²) in [6.07, 6.45) is 0.517. The molecule has 1 aromatic heterocycles. The quantitative estimate of drug-likeness (QED) is 0.818. The number of hydrogen-bond donors (Lipinski definition) is 0. The van der Waals surface area contributed by atoms with E-state index in [1.807, 2.05) is 6.07 Å². The first-order valence-electron chi connectivity index (χ1n) is 3.02. The van der Waals surface area contributed by atoms with Crippen molar-refractivity contribution in [3.05, 3.63) is 19.2 Å². The van der Waals surface area contributed by atoms with Crippen LogP contribution in [0.4, 0.5) is 0 Å². The molecule has 0 aliphatic rings. The van der Waals surface area contributed by atoms with Crippen LogP contribution in [0.15, 0.2) is 13.6 Å². The van der Waals surface area contributed by atoms with Crippen LogP contribution in [0, 0.1) is 0 Å². The first-order valence-corrected chi connectivity index (χ1v) is 5.43. The van der Waals surface area contributed by atoms with Crippen LogP contribution in [0.2, 0.25) is 0 Å². The maximum Gasteiger partial charge on any atom is 0.134 e. The Bertz CT molecular complexity index is 280. The standard InChI is InChI=1S/C7H6Br2OS/c1-4(10)2-5-3-6(8)11-7(5)9/h3H,2H2,1H3. The Morgan fingerprint density at radius 1 is 1.64 bits per heavy atom. The fourth-order valence-corrected chi connectivity index (χ4v) is 3.59. The molecule has 0 saturated heterocycles. The molecule has 0 unspecified atom stereocenters. The van der Waals surface area contributed by atoms with Crippen molar-refractivity contribution in [3.8, 4) is 0 Å². The molecule has 0 atom stereocenters. The number of carbonyl (C=O) groups excluding carboxylic acids is 1. The molecule has 1 nitrogen and oxygen atoms in total. The molecule has 0 saturated carbocycles. The van der Waals surface area contributed by atoms with Gasteiger partial charge in [0, 0.05) is 6.42 Å². The second kappa shape index (κ2) is 3.83. The van der Waals surface area contributed by atoms with Crippen molar-refractivity contribution in [2.75, 3.05) is 0 Å². The lowest BCUT2D eigenvalue weighted by atomic mass is 10.2. The second-order valence-electron chi connectivity index (χ2n) is 2.23. The van der Waals surface area contributed by atoms with Crippen LogP contribution in [0.1, 0.15) is 12.5 Å². The Morgan fingerprint density at radius 2 is 2.27 bits per heavy atom. The number of hydrogen-bond acceptors (Lipinski definition) is 2. The van der Waals surface area contributed by atoms with Gasteiger partial charge in [-0.1, -0.05) is 0 Å². The van der Waals surface area contributed by atoms with Crippen LogP contribution in [-0.2, 0) is 11.2 Å². The van der Waals surface area contributed by atoms with Crippen LogP contribution in [0.25, 0.3) is 0 Å². The highest BCUT2D eigenvalue weighted by molar-refractivity contribution is 9.12. The third kappa shape index (κ3) is 2.69. The lowest BCUT2D eigenvalue weighted by Crippen LogP contribution is -1.94. The third-order valence-electron chi connectivity index (χ3n) is 1.17. The summed E-state index contributed by atoms with van der Waals surface area (Å²) in [7, 11) is 0. The van der Waals surface area contributed by atoms with Crippen LogP contribution >= 0.6 is 43.2 Å². The average Bonchev–Trinajstić information content (AvgIpc) is 2.09. The van der Waals surface area contributed by atoms with E-state index in [9.17, 15) is 4.79 Å². The maximum atomic E-state index is 10.7. The van der Waals surface area contributed by atoms with Crippen molar-refractivity contribution in [1.82, 2.24) is 0 Å². The number of Topliss-reactive ketones (excluding diaryl/α,β-unsaturated/α-hetero) is 1. The topological polar surface area (TPSA) is 17.1 Å². The van der Waals surface area contributed by atoms with Crippen LogP contribution in [-0.4, -0.2) is 5.78 Å². The normalized spacial score (nSPS) is 10.1. The number of carbonyl (C=O) groups is 1. The van der Waals surface area contributed by atoms with E-state index >= 15 is 0 Å². The lowest BCUT2D eigenvalue weighted by Gasteiger charge is -1.90. The number of ketones is 1. The molecule has 0 radical (unpaired) electrons. The van der Waals surface area contributed by atoms with E-state index in [2.05, 4.69) is 31.9 Å². The highest BCUT2D eigenvalue weighted by Gasteiger charge is 2.06. The second-order valence-corrected chi connectivity index (χ2v) is 5.98. The van der Waals surface area contributed by atoms with Crippen molar-refractivity contribution in [3.63, 3.8) is 0 Å². The molecule has 0 amide bonds. The summed E-state index contributed by atoms with van der Waals surface area (Å²) in [5.41, 5.74) is 1.06. The molecule has 0 aliphatic carbocycles. The highest BCUT2D eigenvalue weighted by Crippen LogP contribution is 2.32. The van der Waals surface area contributed by atoms with Gasteiger partial charge in [0.05, 0.1) is 7.57 Å². The Morgan fingerprint density at radius 3 is 2.64 bits per heavy atom. The molecule has 1 aromatic rings. The average molecular weight is 298 g/mol. The lowest BCUT2D eigenvalue weighted by molar-refractivity contribution is -0.116. The SMILES string of the molecule is CC(=O)Cc1cc(Br)sc1Br. The number of rotatable bonds is 2. The first kappa shape index (κ1) is 9.42. The summed E-state index contributed by atoms with van der Waals surface area (Å²) in [6.45, 7) is 1.60. The predicted octanol–water partition coefficient (Wildman–Crippen LogP) is 3.40. The molecule has 0 fully saturated rings. The van der Waals surface area contributed by atoms with Crippen LogP contribution in [0.3, 0.4) is 0 Å². The van der Waals surface area contributed by atoms with E-state index in [0.29, 0.717) is 6.42 Å². The van der Waals surface area contributed by atoms with Gasteiger partial charge >= 0.3 is 0 Å². The van der Waals surface area contributed by atoms with Crippen molar-refractivity contribution in [2.45, 2.75) is 13.3 Å². The third-order valence-corrected chi connectivity index (χ3v) is 3.63. The summed E-state index contributed by atoms with van der Waals surface area (Å²) in [5.74, 6) is 0.191. The minimum Gasteiger partial charge on any atom is -0.300 e. The Balaban J connectivity index is 2.85. The maximum absolute atomic E-state index is 10.7. The van der Waals surface area contributed by atoms with Gasteiger partial charge in [-0.25, -0.2) is 0 Å². The van der Waals surface area contributed by atoms with Crippen molar-refractivity contribution < 1.29 is 4.79 Å². The van der Waals surface area contributed by atoms with E-state index in [-0.39, 0.29) is 5.78 Å². The van der Waals surface area contributed by atoms with E-state index in [0.717, 1.165) is 13.1 Å². The molecule has 0 spiro atoms. The van der Waals surface area contributed by atoms with Gasteiger partial charge in [0.2, 0.25) is 0 Å². The van der Waals surface area contributed by atoms with E-state index in [4.69, 9.17) is 0 Å². The summed E-state index contributed by atoms with van der Waals surface area (Å²) in [6, 6.07) is 1.97. The van der Waals surface area contributed by atoms with Gasteiger partial charge in [-0.2, -0.15) is 0 Å². The largest absolute Gasteiger partial charge is 0.300 e. The van der Waals surface area contributed by atoms with Crippen molar-refractivity contribution in [1.29, 1.82) is 0 Å². The summed E-state index contributed by atoms with van der Waals surface area (Å²) in [4.78, 5) is 10.7. The molecule has 0 bridgehead atoms. The van der Waals surface area contributed by atoms with Gasteiger partial charge in [0.15, 0.2) is 0 Å². The zero-order valence-electron chi connectivity index (χ0n) is 5.86. The molecular weight excluding hydrogens is 292 g/mol. The van der Waals surface area contributed by atoms with Crippen molar-refractivity contribution in [2.24, 2.45) is 0 Å². The van der Waals surface area contributed by atoms with Gasteiger partial charge in [-0.3, -0.25) is 4.79 Å². The Kier molecular flexibility index (Phi) is 3.28. The monoisotopic (exact) mass is 296 g/mol. The molecule has 1 heterocycles. The molecule has 11 heavy (non-hydrogen) atoms. The van der Waals surface area contributed by atoms with Gasteiger partial charge in [0.1, 0.15) is 5.78 Å². The molecular formula is C7H6Br2OS. The zero-order valence-corrected chi connectivity index (χ0v) is 9.85. The summed E-state index contributed by atoms with van der Waals surface area (Å²) in [5, 5.41) is 0. The Labute approximate surface area is 86.1 Å². The number of thiophene rings is 1. The summed E-state index contributed by atoms with van der Waals surface area (Å²) < 4.78 is 2.10. The summed E-state index contributed by atoms with van der Waals surface area (Å²) >= 11 is 8.32. The molecule has 60 valence electrons. The van der Waals surface area contributed by atoms with Gasteiger partial charge < -0.3 is 0 Å². The van der Waals surface area contributed by atoms with Crippen LogP contribution in [0.5, 0.6) is 0 Å². The molecule has 0 aromatic carbocycles. The molecule has 1 rings (SSSR count). The Hall–Kier alpha value is 0.330. The van der Waals surface area contributed by atoms with Gasteiger partial charge in [0.25, 0.3) is 0 Å². The van der Waals surface area contributed by atoms with E-state index in [1.165, 1.54) is 0 Å². The first-order chi connectivity index (χ1) is 5.09. The number of halogens is 2. The minimum atomic E-state index is 0.191. The molecule has 0 aliphatic heterocycles. The van der Waals surface area contributed by atoms with Crippen LogP contribution < -0.4 is 0 Å². The van der Waals surface area contributed by atoms with E-state index in [1.54, 1.807) is 18.3 Å². The fraction of sp³-hybridized carbons (Fsp3) is 0.286. The predicted molar refractivity (Wildman–Crippen MR) is 54.1 cm³/mol. The smallest absolute Gasteiger partial charge is 0.134 e. The molecule has 0 N–H and O–H groups in total. The minimum absolute atomic E-state index is 0.191. The van der Waals surface area contributed by atoms with Crippen molar-refractivity contribution >= 4 is 49.0 Å². The molecule has 4 heteroatoms. The van der Waals surface area contributed by atoms with E-state index < -0.39 is 0 Å². The van der Waals surface area contributed by atoms with Gasteiger partial charge in [-0.05, 0) is 50.4 Å².